The van der Waals surface area contributed by atoms with E-state index in [1.54, 1.807) is 0 Å². The monoisotopic (exact) mass is 156 g/mol. The first-order valence-corrected chi connectivity index (χ1v) is 3.48. The predicted octanol–water partition coefficient (Wildman–Crippen LogP) is 0.0781. The average Bonchev–Trinajstić information content (AvgIpc) is 1.66. The van der Waals surface area contributed by atoms with Crippen molar-refractivity contribution in [1.29, 1.82) is 0 Å². The van der Waals surface area contributed by atoms with Gasteiger partial charge in [0.2, 0.25) is 0 Å². The number of rotatable bonds is 3. The van der Waals surface area contributed by atoms with Crippen LogP contribution in [0.5, 0.6) is 0 Å². The Morgan fingerprint density at radius 1 is 1.75 bits per heavy atom. The molecular weight excluding hydrogens is 151 g/mol. The lowest BCUT2D eigenvalue weighted by molar-refractivity contribution is 0.202. The van der Waals surface area contributed by atoms with E-state index in [2.05, 4.69) is 4.49 Å². The van der Waals surface area contributed by atoms with Gasteiger partial charge in [0.25, 0.3) is 0 Å². The molecule has 3 N–H and O–H groups in total. The zero-order chi connectivity index (χ0) is 6.41. The van der Waals surface area contributed by atoms with E-state index in [1.807, 2.05) is 4.72 Å². The summed E-state index contributed by atoms with van der Waals surface area (Å²) in [6, 6.07) is 0. The highest BCUT2D eigenvalue weighted by Crippen LogP contribution is 1.91. The SMILES string of the molecule is O=[PH2]NSNC(=O)O. The molecule has 0 aliphatic heterocycles. The number of hydrogen-bond acceptors (Lipinski definition) is 3. The third-order valence-corrected chi connectivity index (χ3v) is 1.38. The fourth-order valence-corrected chi connectivity index (χ4v) is 0.613. The Kier molecular flexibility index (Phi) is 4.84. The lowest BCUT2D eigenvalue weighted by Gasteiger charge is -1.91. The van der Waals surface area contributed by atoms with Gasteiger partial charge >= 0.3 is 6.09 Å². The lowest BCUT2D eigenvalue weighted by Crippen LogP contribution is -2.14. The minimum absolute atomic E-state index is 0.686. The molecule has 0 saturated carbocycles. The van der Waals surface area contributed by atoms with Crippen LogP contribution in [0.25, 0.3) is 0 Å². The second-order valence-electron chi connectivity index (χ2n) is 0.745. The van der Waals surface area contributed by atoms with Crippen molar-refractivity contribution in [3.63, 3.8) is 0 Å². The molecule has 1 atom stereocenters. The summed E-state index contributed by atoms with van der Waals surface area (Å²) in [5.41, 5.74) is 0. The van der Waals surface area contributed by atoms with Crippen molar-refractivity contribution >= 4 is 26.8 Å². The molecule has 0 rings (SSSR count). The molecule has 0 bridgehead atoms. The molecule has 0 aromatic carbocycles. The first kappa shape index (κ1) is 7.81. The molecule has 7 heteroatoms. The maximum absolute atomic E-state index is 9.63. The van der Waals surface area contributed by atoms with Gasteiger partial charge < -0.3 is 9.67 Å². The second kappa shape index (κ2) is 4.96. The van der Waals surface area contributed by atoms with Crippen molar-refractivity contribution in [1.82, 2.24) is 9.21 Å². The van der Waals surface area contributed by atoms with Gasteiger partial charge in [-0.25, -0.2) is 4.79 Å². The molecule has 0 aromatic rings. The quantitative estimate of drug-likeness (QED) is 0.306. The topological polar surface area (TPSA) is 78.4 Å². The molecule has 48 valence electrons. The molecule has 0 heterocycles. The zero-order valence-corrected chi connectivity index (χ0v) is 5.72. The fraction of sp³-hybridized carbons (Fsp3) is 0. The van der Waals surface area contributed by atoms with E-state index in [9.17, 15) is 9.36 Å². The average molecular weight is 156 g/mol. The van der Waals surface area contributed by atoms with E-state index in [4.69, 9.17) is 5.11 Å². The van der Waals surface area contributed by atoms with Crippen molar-refractivity contribution < 1.29 is 14.5 Å². The van der Waals surface area contributed by atoms with Gasteiger partial charge in [-0.3, -0.25) is 4.72 Å². The number of nitrogens with one attached hydrogen (secondary N) is 2. The Labute approximate surface area is 51.4 Å². The number of carbonyl (C=O) groups is 1. The highest BCUT2D eigenvalue weighted by molar-refractivity contribution is 7.98. The minimum atomic E-state index is -1.16. The lowest BCUT2D eigenvalue weighted by atomic mass is 11.3. The first-order chi connectivity index (χ1) is 3.77. The molecule has 0 aliphatic carbocycles. The summed E-state index contributed by atoms with van der Waals surface area (Å²) in [5, 5.41) is 7.88. The Bertz CT molecular complexity index is 97.3. The van der Waals surface area contributed by atoms with E-state index in [0.717, 1.165) is 0 Å². The van der Waals surface area contributed by atoms with Crippen LogP contribution in [0.3, 0.4) is 0 Å². The third-order valence-electron chi connectivity index (χ3n) is 0.245. The van der Waals surface area contributed by atoms with Crippen molar-refractivity contribution in [2.24, 2.45) is 0 Å². The fourth-order valence-electron chi connectivity index (χ4n) is 0.0972. The molecular formula is CH5N2O3PS. The Morgan fingerprint density at radius 3 is 2.75 bits per heavy atom. The van der Waals surface area contributed by atoms with Crippen molar-refractivity contribution in [3.8, 4) is 0 Å². The molecule has 5 nitrogen and oxygen atoms in total. The maximum atomic E-state index is 9.63. The van der Waals surface area contributed by atoms with Crippen molar-refractivity contribution in [2.45, 2.75) is 0 Å². The van der Waals surface area contributed by atoms with Crippen LogP contribution in [-0.4, -0.2) is 11.2 Å². The summed E-state index contributed by atoms with van der Waals surface area (Å²) in [6.07, 6.45) is -1.16. The Hall–Kier alpha value is -0.190. The van der Waals surface area contributed by atoms with E-state index in [-0.39, 0.29) is 0 Å². The van der Waals surface area contributed by atoms with Gasteiger partial charge in [-0.15, -0.1) is 0 Å². The molecule has 8 heavy (non-hydrogen) atoms. The van der Waals surface area contributed by atoms with E-state index >= 15 is 0 Å². The van der Waals surface area contributed by atoms with E-state index in [1.165, 1.54) is 0 Å². The highest BCUT2D eigenvalue weighted by Gasteiger charge is 1.88. The van der Waals surface area contributed by atoms with Gasteiger partial charge in [-0.05, 0) is 0 Å². The van der Waals surface area contributed by atoms with Crippen LogP contribution in [0.1, 0.15) is 0 Å². The van der Waals surface area contributed by atoms with Crippen molar-refractivity contribution in [2.75, 3.05) is 0 Å². The standard InChI is InChI=1S/CH5N2O3PS/c4-1(5)2-8-3-7-6/h2H,7H2,(H,3,6)(H,4,5). The Balaban J connectivity index is 2.93. The summed E-state index contributed by atoms with van der Waals surface area (Å²) in [7, 11) is -1.10. The van der Waals surface area contributed by atoms with Crippen LogP contribution in [0.4, 0.5) is 4.79 Å². The van der Waals surface area contributed by atoms with Crippen LogP contribution >= 0.6 is 20.7 Å². The molecule has 0 spiro atoms. The molecule has 0 aliphatic rings. The summed E-state index contributed by atoms with van der Waals surface area (Å²) in [6.45, 7) is 0. The molecule has 0 aromatic heterocycles. The number of amides is 1. The summed E-state index contributed by atoms with van der Waals surface area (Å²) in [4.78, 5) is 9.61. The predicted molar refractivity (Wildman–Crippen MR) is 32.3 cm³/mol. The van der Waals surface area contributed by atoms with Crippen LogP contribution in [0, 0.1) is 0 Å². The number of carboxylic acid groups (broad SMARTS) is 1. The zero-order valence-electron chi connectivity index (χ0n) is 3.75. The summed E-state index contributed by atoms with van der Waals surface area (Å²) >= 11 is 0.686. The van der Waals surface area contributed by atoms with Gasteiger partial charge in [-0.2, -0.15) is 4.49 Å². The van der Waals surface area contributed by atoms with Crippen LogP contribution in [0.15, 0.2) is 0 Å². The first-order valence-electron chi connectivity index (χ1n) is 1.61. The van der Waals surface area contributed by atoms with Gasteiger partial charge in [0.15, 0.2) is 0 Å². The molecule has 1 unspecified atom stereocenters. The highest BCUT2D eigenvalue weighted by atomic mass is 32.2. The minimum Gasteiger partial charge on any atom is -0.464 e. The van der Waals surface area contributed by atoms with E-state index in [0.29, 0.717) is 12.1 Å². The smallest absolute Gasteiger partial charge is 0.415 e. The van der Waals surface area contributed by atoms with Gasteiger partial charge in [0.05, 0.1) is 0 Å². The molecule has 0 fully saturated rings. The van der Waals surface area contributed by atoms with E-state index < -0.39 is 14.7 Å². The number of hydrogen-bond donors (Lipinski definition) is 3. The van der Waals surface area contributed by atoms with Crippen molar-refractivity contribution in [3.05, 3.63) is 0 Å². The summed E-state index contributed by atoms with van der Waals surface area (Å²) < 4.78 is 13.8. The largest absolute Gasteiger partial charge is 0.464 e. The third kappa shape index (κ3) is 5.81. The normalized spacial score (nSPS) is 10.0. The Morgan fingerprint density at radius 2 is 2.38 bits per heavy atom. The summed E-state index contributed by atoms with van der Waals surface area (Å²) in [5.74, 6) is 0. The molecule has 0 radical (unpaired) electrons. The van der Waals surface area contributed by atoms with Gasteiger partial charge in [0, 0.05) is 12.1 Å². The maximum Gasteiger partial charge on any atom is 0.415 e. The van der Waals surface area contributed by atoms with Crippen LogP contribution in [-0.2, 0) is 4.57 Å². The van der Waals surface area contributed by atoms with Crippen LogP contribution < -0.4 is 9.21 Å². The molecule has 0 saturated heterocycles. The van der Waals surface area contributed by atoms with Gasteiger partial charge in [-0.1, -0.05) is 0 Å². The van der Waals surface area contributed by atoms with Gasteiger partial charge in [0.1, 0.15) is 8.61 Å². The second-order valence-corrected chi connectivity index (χ2v) is 2.33. The molecule has 1 amide bonds. The van der Waals surface area contributed by atoms with Crippen LogP contribution in [0.2, 0.25) is 0 Å².